The standard InChI is InChI=1S/C13H15ClO4/c1-17-10-5-3-4-9(8-10)13(18-2)12(16)11(15)6-7-14/h3-5,8,13H,6-7H2,1-2H3. The molecule has 1 aromatic rings. The lowest BCUT2D eigenvalue weighted by Gasteiger charge is -2.14. The molecule has 1 rings (SSSR count). The lowest BCUT2D eigenvalue weighted by atomic mass is 10.0. The summed E-state index contributed by atoms with van der Waals surface area (Å²) in [4.78, 5) is 23.4. The summed E-state index contributed by atoms with van der Waals surface area (Å²) in [6.07, 6.45) is -0.889. The van der Waals surface area contributed by atoms with Crippen molar-refractivity contribution in [2.45, 2.75) is 12.5 Å². The monoisotopic (exact) mass is 270 g/mol. The maximum Gasteiger partial charge on any atom is 0.231 e. The summed E-state index contributed by atoms with van der Waals surface area (Å²) < 4.78 is 10.2. The van der Waals surface area contributed by atoms with Gasteiger partial charge in [0.1, 0.15) is 11.9 Å². The molecule has 0 aliphatic heterocycles. The van der Waals surface area contributed by atoms with E-state index in [2.05, 4.69) is 0 Å². The van der Waals surface area contributed by atoms with Gasteiger partial charge in [0.25, 0.3) is 0 Å². The van der Waals surface area contributed by atoms with Gasteiger partial charge >= 0.3 is 0 Å². The van der Waals surface area contributed by atoms with Gasteiger partial charge in [-0.1, -0.05) is 12.1 Å². The minimum Gasteiger partial charge on any atom is -0.497 e. The fourth-order valence-corrected chi connectivity index (χ4v) is 1.73. The molecule has 0 saturated heterocycles. The minimum atomic E-state index is -0.907. The first-order valence-corrected chi connectivity index (χ1v) is 5.97. The molecule has 0 N–H and O–H groups in total. The summed E-state index contributed by atoms with van der Waals surface area (Å²) in [6.45, 7) is 0. The van der Waals surface area contributed by atoms with Gasteiger partial charge in [-0.25, -0.2) is 0 Å². The number of ketones is 2. The van der Waals surface area contributed by atoms with Crippen molar-refractivity contribution in [3.8, 4) is 5.75 Å². The van der Waals surface area contributed by atoms with E-state index in [1.807, 2.05) is 0 Å². The van der Waals surface area contributed by atoms with Crippen LogP contribution in [0.3, 0.4) is 0 Å². The van der Waals surface area contributed by atoms with Crippen LogP contribution in [0.5, 0.6) is 5.75 Å². The maximum absolute atomic E-state index is 11.9. The van der Waals surface area contributed by atoms with E-state index in [9.17, 15) is 9.59 Å². The molecule has 18 heavy (non-hydrogen) atoms. The molecule has 0 spiro atoms. The maximum atomic E-state index is 11.9. The highest BCUT2D eigenvalue weighted by molar-refractivity contribution is 6.39. The first kappa shape index (κ1) is 14.7. The van der Waals surface area contributed by atoms with Gasteiger partial charge < -0.3 is 9.47 Å². The van der Waals surface area contributed by atoms with Crippen LogP contribution in [0.15, 0.2) is 24.3 Å². The molecule has 0 aliphatic rings. The number of Topliss-reactive ketones (excluding diaryl/α,β-unsaturated/α-hetero) is 2. The van der Waals surface area contributed by atoms with Gasteiger partial charge in [-0.3, -0.25) is 9.59 Å². The van der Waals surface area contributed by atoms with Crippen LogP contribution < -0.4 is 4.74 Å². The van der Waals surface area contributed by atoms with Gasteiger partial charge in [0.05, 0.1) is 7.11 Å². The van der Waals surface area contributed by atoms with Crippen LogP contribution in [0.4, 0.5) is 0 Å². The highest BCUT2D eigenvalue weighted by atomic mass is 35.5. The largest absolute Gasteiger partial charge is 0.497 e. The molecule has 5 heteroatoms. The number of ether oxygens (including phenoxy) is 2. The van der Waals surface area contributed by atoms with Crippen LogP contribution in [-0.4, -0.2) is 31.7 Å². The molecule has 1 unspecified atom stereocenters. The second-order valence-electron chi connectivity index (χ2n) is 3.62. The third-order valence-electron chi connectivity index (χ3n) is 2.47. The van der Waals surface area contributed by atoms with E-state index in [4.69, 9.17) is 21.1 Å². The van der Waals surface area contributed by atoms with E-state index in [1.165, 1.54) is 14.2 Å². The molecule has 1 atom stereocenters. The molecule has 0 aromatic heterocycles. The number of alkyl halides is 1. The molecule has 0 bridgehead atoms. The quantitative estimate of drug-likeness (QED) is 0.563. The van der Waals surface area contributed by atoms with E-state index in [1.54, 1.807) is 24.3 Å². The molecular formula is C13H15ClO4. The lowest BCUT2D eigenvalue weighted by Crippen LogP contribution is -2.23. The molecule has 98 valence electrons. The summed E-state index contributed by atoms with van der Waals surface area (Å²) in [5.41, 5.74) is 0.588. The Morgan fingerprint density at radius 2 is 2.06 bits per heavy atom. The van der Waals surface area contributed by atoms with Crippen molar-refractivity contribution in [2.75, 3.05) is 20.1 Å². The van der Waals surface area contributed by atoms with Crippen molar-refractivity contribution < 1.29 is 19.1 Å². The number of hydrogen-bond acceptors (Lipinski definition) is 4. The van der Waals surface area contributed by atoms with E-state index in [0.29, 0.717) is 11.3 Å². The number of carbonyl (C=O) groups excluding carboxylic acids is 2. The number of hydrogen-bond donors (Lipinski definition) is 0. The average Bonchev–Trinajstić information content (AvgIpc) is 2.40. The van der Waals surface area contributed by atoms with E-state index in [-0.39, 0.29) is 12.3 Å². The summed E-state index contributed by atoms with van der Waals surface area (Å²) in [6, 6.07) is 6.86. The van der Waals surface area contributed by atoms with Crippen LogP contribution in [0, 0.1) is 0 Å². The Hall–Kier alpha value is -1.39. The third-order valence-corrected chi connectivity index (χ3v) is 2.66. The van der Waals surface area contributed by atoms with E-state index >= 15 is 0 Å². The number of methoxy groups -OCH3 is 2. The Kier molecular flexibility index (Phi) is 5.82. The van der Waals surface area contributed by atoms with Crippen LogP contribution in [0.1, 0.15) is 18.1 Å². The Labute approximate surface area is 111 Å². The number of rotatable bonds is 7. The molecule has 0 saturated carbocycles. The van der Waals surface area contributed by atoms with E-state index < -0.39 is 17.7 Å². The van der Waals surface area contributed by atoms with Crippen LogP contribution in [-0.2, 0) is 14.3 Å². The van der Waals surface area contributed by atoms with Gasteiger partial charge in [-0.15, -0.1) is 11.6 Å². The second kappa shape index (κ2) is 7.13. The molecule has 0 aliphatic carbocycles. The number of benzene rings is 1. The Morgan fingerprint density at radius 1 is 1.33 bits per heavy atom. The van der Waals surface area contributed by atoms with Crippen LogP contribution in [0.25, 0.3) is 0 Å². The predicted molar refractivity (Wildman–Crippen MR) is 68.1 cm³/mol. The van der Waals surface area contributed by atoms with Gasteiger partial charge in [-0.2, -0.15) is 0 Å². The van der Waals surface area contributed by atoms with Gasteiger partial charge in [-0.05, 0) is 17.7 Å². The molecule has 0 fully saturated rings. The van der Waals surface area contributed by atoms with Crippen molar-refractivity contribution in [1.29, 1.82) is 0 Å². The third kappa shape index (κ3) is 3.55. The first-order chi connectivity index (χ1) is 8.63. The van der Waals surface area contributed by atoms with Crippen LogP contribution >= 0.6 is 11.6 Å². The predicted octanol–water partition coefficient (Wildman–Crippen LogP) is 2.15. The molecule has 0 amide bonds. The van der Waals surface area contributed by atoms with Crippen molar-refractivity contribution >= 4 is 23.2 Å². The lowest BCUT2D eigenvalue weighted by molar-refractivity contribution is -0.142. The SMILES string of the molecule is COc1cccc(C(OC)C(=O)C(=O)CCCl)c1. The normalized spacial score (nSPS) is 11.9. The van der Waals surface area contributed by atoms with Gasteiger partial charge in [0.15, 0.2) is 0 Å². The molecule has 0 heterocycles. The fraction of sp³-hybridized carbons (Fsp3) is 0.385. The Bertz CT molecular complexity index is 431. The highest BCUT2D eigenvalue weighted by Crippen LogP contribution is 2.23. The van der Waals surface area contributed by atoms with Crippen molar-refractivity contribution in [1.82, 2.24) is 0 Å². The Morgan fingerprint density at radius 3 is 2.61 bits per heavy atom. The zero-order chi connectivity index (χ0) is 13.5. The molecule has 1 aromatic carbocycles. The van der Waals surface area contributed by atoms with Gasteiger partial charge in [0, 0.05) is 19.4 Å². The second-order valence-corrected chi connectivity index (χ2v) is 4.00. The van der Waals surface area contributed by atoms with Crippen molar-refractivity contribution in [2.24, 2.45) is 0 Å². The minimum absolute atomic E-state index is 0.0181. The molecule has 0 radical (unpaired) electrons. The molecule has 4 nitrogen and oxygen atoms in total. The highest BCUT2D eigenvalue weighted by Gasteiger charge is 2.26. The van der Waals surface area contributed by atoms with Crippen molar-refractivity contribution in [3.63, 3.8) is 0 Å². The van der Waals surface area contributed by atoms with E-state index in [0.717, 1.165) is 0 Å². The average molecular weight is 271 g/mol. The fourth-order valence-electron chi connectivity index (χ4n) is 1.55. The Balaban J connectivity index is 2.94. The summed E-state index contributed by atoms with van der Waals surface area (Å²) in [5.74, 6) is -0.391. The summed E-state index contributed by atoms with van der Waals surface area (Å²) in [5, 5.41) is 0. The van der Waals surface area contributed by atoms with Crippen LogP contribution in [0.2, 0.25) is 0 Å². The first-order valence-electron chi connectivity index (χ1n) is 5.43. The van der Waals surface area contributed by atoms with Gasteiger partial charge in [0.2, 0.25) is 11.6 Å². The summed E-state index contributed by atoms with van der Waals surface area (Å²) >= 11 is 5.45. The summed E-state index contributed by atoms with van der Waals surface area (Å²) in [7, 11) is 2.91. The van der Waals surface area contributed by atoms with Crippen molar-refractivity contribution in [3.05, 3.63) is 29.8 Å². The smallest absolute Gasteiger partial charge is 0.231 e. The zero-order valence-electron chi connectivity index (χ0n) is 10.3. The zero-order valence-corrected chi connectivity index (χ0v) is 11.1. The molecular weight excluding hydrogens is 256 g/mol. The topological polar surface area (TPSA) is 52.6 Å². The number of carbonyl (C=O) groups is 2. The number of halogens is 1.